The number of rotatable bonds is 5. The first-order chi connectivity index (χ1) is 9.83. The van der Waals surface area contributed by atoms with Gasteiger partial charge in [0.05, 0.1) is 23.6 Å². The van der Waals surface area contributed by atoms with Gasteiger partial charge in [0, 0.05) is 5.39 Å². The van der Waals surface area contributed by atoms with Crippen LogP contribution in [-0.2, 0) is 10.0 Å². The van der Waals surface area contributed by atoms with E-state index in [2.05, 4.69) is 4.72 Å². The minimum Gasteiger partial charge on any atom is -0.394 e. The highest BCUT2D eigenvalue weighted by Crippen LogP contribution is 2.26. The van der Waals surface area contributed by atoms with Crippen molar-refractivity contribution < 1.29 is 18.6 Å². The van der Waals surface area contributed by atoms with Crippen LogP contribution in [0.5, 0.6) is 0 Å². The third-order valence-corrected chi connectivity index (χ3v) is 5.16. The van der Waals surface area contributed by atoms with Crippen molar-refractivity contribution in [3.05, 3.63) is 42.0 Å². The maximum atomic E-state index is 12.6. The van der Waals surface area contributed by atoms with Crippen LogP contribution < -0.4 is 4.72 Å². The van der Waals surface area contributed by atoms with Gasteiger partial charge in [0.25, 0.3) is 0 Å². The number of nitrogens with one attached hydrogen (secondary N) is 1. The molecule has 2 aromatic carbocycles. The molecule has 2 rings (SSSR count). The predicted octanol–water partition coefficient (Wildman–Crippen LogP) is 1.17. The Morgan fingerprint density at radius 3 is 2.24 bits per heavy atom. The monoisotopic (exact) mass is 309 g/mol. The Morgan fingerprint density at radius 1 is 1.05 bits per heavy atom. The first-order valence-corrected chi connectivity index (χ1v) is 8.05. The molecule has 5 nitrogen and oxygen atoms in total. The molecule has 0 radical (unpaired) electrons. The van der Waals surface area contributed by atoms with Crippen LogP contribution in [0, 0.1) is 6.92 Å². The van der Waals surface area contributed by atoms with Gasteiger partial charge in [-0.25, -0.2) is 13.1 Å². The number of benzene rings is 2. The number of sulfonamides is 1. The van der Waals surface area contributed by atoms with Crippen molar-refractivity contribution in [3.63, 3.8) is 0 Å². The fourth-order valence-electron chi connectivity index (χ4n) is 2.17. The van der Waals surface area contributed by atoms with Crippen molar-refractivity contribution >= 4 is 20.8 Å². The second-order valence-electron chi connectivity index (χ2n) is 5.41. The molecule has 0 aromatic heterocycles. The van der Waals surface area contributed by atoms with Crippen LogP contribution in [0.15, 0.2) is 41.3 Å². The standard InChI is InChI=1S/C15H19NO4S/c1-11-5-3-7-13-12(11)6-4-8-14(13)21(19,20)16-15(2,9-17)10-18/h3-8,16-18H,9-10H2,1-2H3. The number of aliphatic hydroxyl groups excluding tert-OH is 2. The molecule has 0 saturated carbocycles. The summed E-state index contributed by atoms with van der Waals surface area (Å²) >= 11 is 0. The lowest BCUT2D eigenvalue weighted by Gasteiger charge is -2.26. The summed E-state index contributed by atoms with van der Waals surface area (Å²) in [6, 6.07) is 10.5. The third-order valence-electron chi connectivity index (χ3n) is 3.47. The van der Waals surface area contributed by atoms with Gasteiger partial charge < -0.3 is 10.2 Å². The van der Waals surface area contributed by atoms with E-state index < -0.39 is 28.8 Å². The van der Waals surface area contributed by atoms with Crippen molar-refractivity contribution in [1.29, 1.82) is 0 Å². The van der Waals surface area contributed by atoms with Gasteiger partial charge >= 0.3 is 0 Å². The summed E-state index contributed by atoms with van der Waals surface area (Å²) in [5.41, 5.74) is -0.318. The van der Waals surface area contributed by atoms with Crippen molar-refractivity contribution in [1.82, 2.24) is 4.72 Å². The van der Waals surface area contributed by atoms with Crippen LogP contribution in [0.3, 0.4) is 0 Å². The molecule has 0 aliphatic carbocycles. The molecule has 114 valence electrons. The molecule has 0 bridgehead atoms. The lowest BCUT2D eigenvalue weighted by atomic mass is 10.1. The molecular formula is C15H19NO4S. The number of fused-ring (bicyclic) bond motifs is 1. The van der Waals surface area contributed by atoms with Gasteiger partial charge in [0.15, 0.2) is 0 Å². The van der Waals surface area contributed by atoms with E-state index in [0.717, 1.165) is 10.9 Å². The summed E-state index contributed by atoms with van der Waals surface area (Å²) in [7, 11) is -3.86. The van der Waals surface area contributed by atoms with E-state index in [1.165, 1.54) is 13.0 Å². The number of aryl methyl sites for hydroxylation is 1. The fourth-order valence-corrected chi connectivity index (χ4v) is 3.78. The molecule has 3 N–H and O–H groups in total. The molecule has 2 aromatic rings. The Bertz CT molecular complexity index is 751. The molecule has 0 fully saturated rings. The van der Waals surface area contributed by atoms with Gasteiger partial charge in [0.2, 0.25) is 10.0 Å². The van der Waals surface area contributed by atoms with Gasteiger partial charge in [-0.2, -0.15) is 0 Å². The van der Waals surface area contributed by atoms with Gasteiger partial charge in [-0.1, -0.05) is 30.3 Å². The zero-order valence-corrected chi connectivity index (χ0v) is 12.8. The second-order valence-corrected chi connectivity index (χ2v) is 7.06. The maximum Gasteiger partial charge on any atom is 0.241 e. The number of hydrogen-bond acceptors (Lipinski definition) is 4. The van der Waals surface area contributed by atoms with Gasteiger partial charge in [-0.15, -0.1) is 0 Å². The maximum absolute atomic E-state index is 12.6. The highest BCUT2D eigenvalue weighted by atomic mass is 32.2. The van der Waals surface area contributed by atoms with E-state index in [-0.39, 0.29) is 4.90 Å². The van der Waals surface area contributed by atoms with Gasteiger partial charge in [-0.05, 0) is 30.9 Å². The van der Waals surface area contributed by atoms with Crippen molar-refractivity contribution in [2.75, 3.05) is 13.2 Å². The fraction of sp³-hybridized carbons (Fsp3) is 0.333. The van der Waals surface area contributed by atoms with Crippen molar-refractivity contribution in [3.8, 4) is 0 Å². The summed E-state index contributed by atoms with van der Waals surface area (Å²) in [5.74, 6) is 0. The lowest BCUT2D eigenvalue weighted by Crippen LogP contribution is -2.51. The molecular weight excluding hydrogens is 290 g/mol. The molecule has 0 aliphatic rings. The Labute approximate surface area is 124 Å². The minimum absolute atomic E-state index is 0.136. The van der Waals surface area contributed by atoms with Gasteiger partial charge in [-0.3, -0.25) is 0 Å². The number of aliphatic hydroxyl groups is 2. The second kappa shape index (κ2) is 5.73. The van der Waals surface area contributed by atoms with E-state index in [0.29, 0.717) is 5.39 Å². The van der Waals surface area contributed by atoms with E-state index in [1.54, 1.807) is 18.2 Å². The Hall–Kier alpha value is -1.47. The highest BCUT2D eigenvalue weighted by molar-refractivity contribution is 7.89. The summed E-state index contributed by atoms with van der Waals surface area (Å²) in [5, 5.41) is 20.0. The van der Waals surface area contributed by atoms with E-state index >= 15 is 0 Å². The van der Waals surface area contributed by atoms with Crippen LogP contribution >= 0.6 is 0 Å². The predicted molar refractivity (Wildman–Crippen MR) is 81.6 cm³/mol. The Morgan fingerprint density at radius 2 is 1.62 bits per heavy atom. The molecule has 0 saturated heterocycles. The van der Waals surface area contributed by atoms with E-state index in [1.807, 2.05) is 19.1 Å². The molecule has 0 unspecified atom stereocenters. The Balaban J connectivity index is 2.58. The zero-order chi connectivity index (χ0) is 15.7. The average Bonchev–Trinajstić information content (AvgIpc) is 2.46. The quantitative estimate of drug-likeness (QED) is 0.774. The topological polar surface area (TPSA) is 86.6 Å². The lowest BCUT2D eigenvalue weighted by molar-refractivity contribution is 0.122. The summed E-state index contributed by atoms with van der Waals surface area (Å²) in [6.07, 6.45) is 0. The van der Waals surface area contributed by atoms with Crippen LogP contribution in [0.2, 0.25) is 0 Å². The summed E-state index contributed by atoms with van der Waals surface area (Å²) < 4.78 is 27.5. The molecule has 6 heteroatoms. The minimum atomic E-state index is -3.86. The van der Waals surface area contributed by atoms with E-state index in [9.17, 15) is 18.6 Å². The SMILES string of the molecule is Cc1cccc2c(S(=O)(=O)NC(C)(CO)CO)cccc12. The Kier molecular flexibility index (Phi) is 4.34. The first kappa shape index (κ1) is 15.9. The van der Waals surface area contributed by atoms with E-state index in [4.69, 9.17) is 0 Å². The first-order valence-electron chi connectivity index (χ1n) is 6.57. The van der Waals surface area contributed by atoms with Crippen molar-refractivity contribution in [2.24, 2.45) is 0 Å². The van der Waals surface area contributed by atoms with Crippen LogP contribution in [0.1, 0.15) is 12.5 Å². The highest BCUT2D eigenvalue weighted by Gasteiger charge is 2.30. The molecule has 0 aliphatic heterocycles. The molecule has 0 spiro atoms. The third kappa shape index (κ3) is 3.08. The molecule has 0 amide bonds. The zero-order valence-electron chi connectivity index (χ0n) is 12.0. The summed E-state index contributed by atoms with van der Waals surface area (Å²) in [6.45, 7) is 2.37. The normalized spacial score (nSPS) is 12.8. The summed E-state index contributed by atoms with van der Waals surface area (Å²) in [4.78, 5) is 0.136. The van der Waals surface area contributed by atoms with Crippen LogP contribution in [0.4, 0.5) is 0 Å². The smallest absolute Gasteiger partial charge is 0.241 e. The molecule has 0 atom stereocenters. The van der Waals surface area contributed by atoms with Crippen molar-refractivity contribution in [2.45, 2.75) is 24.3 Å². The largest absolute Gasteiger partial charge is 0.394 e. The average molecular weight is 309 g/mol. The van der Waals surface area contributed by atoms with Crippen LogP contribution in [0.25, 0.3) is 10.8 Å². The van der Waals surface area contributed by atoms with Crippen LogP contribution in [-0.4, -0.2) is 37.4 Å². The molecule has 21 heavy (non-hydrogen) atoms. The number of hydrogen-bond donors (Lipinski definition) is 3. The van der Waals surface area contributed by atoms with Gasteiger partial charge in [0.1, 0.15) is 0 Å². The molecule has 0 heterocycles.